The lowest BCUT2D eigenvalue weighted by atomic mass is 9.78. The molecule has 1 atom stereocenters. The van der Waals surface area contributed by atoms with Gasteiger partial charge in [0.2, 0.25) is 0 Å². The summed E-state index contributed by atoms with van der Waals surface area (Å²) in [7, 11) is 0. The van der Waals surface area contributed by atoms with Gasteiger partial charge < -0.3 is 10.1 Å². The predicted octanol–water partition coefficient (Wildman–Crippen LogP) is 6.53. The maximum atomic E-state index is 14.6. The second-order valence-corrected chi connectivity index (χ2v) is 8.85. The Kier molecular flexibility index (Phi) is 7.99. The lowest BCUT2D eigenvalue weighted by Gasteiger charge is -2.30. The van der Waals surface area contributed by atoms with Crippen LogP contribution < -0.4 is 5.32 Å². The molecular weight excluding hydrogens is 415 g/mol. The molecule has 0 radical (unpaired) electrons. The zero-order valence-electron chi connectivity index (χ0n) is 19.0. The van der Waals surface area contributed by atoms with E-state index < -0.39 is 23.6 Å². The number of nitrogens with one attached hydrogen (secondary N) is 1. The van der Waals surface area contributed by atoms with Crippen molar-refractivity contribution < 1.29 is 22.7 Å². The van der Waals surface area contributed by atoms with Crippen LogP contribution in [0.3, 0.4) is 0 Å². The lowest BCUT2D eigenvalue weighted by Crippen LogP contribution is -2.29. The molecule has 1 aliphatic heterocycles. The molecule has 174 valence electrons. The topological polar surface area (TPSA) is 38.3 Å². The number of hydrogen-bond acceptors (Lipinski definition) is 3. The number of halogens is 3. The van der Waals surface area contributed by atoms with E-state index >= 15 is 0 Å². The highest BCUT2D eigenvalue weighted by Gasteiger charge is 2.42. The largest absolute Gasteiger partial charge is 0.466 e. The van der Waals surface area contributed by atoms with Crippen molar-refractivity contribution >= 4 is 5.97 Å². The van der Waals surface area contributed by atoms with E-state index in [1.165, 1.54) is 0 Å². The Morgan fingerprint density at radius 3 is 2.31 bits per heavy atom. The van der Waals surface area contributed by atoms with Gasteiger partial charge in [-0.15, -0.1) is 0 Å². The molecule has 0 aromatic heterocycles. The van der Waals surface area contributed by atoms with Gasteiger partial charge in [-0.1, -0.05) is 50.2 Å². The van der Waals surface area contributed by atoms with Gasteiger partial charge in [-0.05, 0) is 79.4 Å². The molecule has 1 unspecified atom stereocenters. The van der Waals surface area contributed by atoms with Gasteiger partial charge in [0.15, 0.2) is 0 Å². The molecule has 1 aliphatic rings. The second-order valence-electron chi connectivity index (χ2n) is 8.85. The van der Waals surface area contributed by atoms with Gasteiger partial charge in [-0.2, -0.15) is 13.2 Å². The quantitative estimate of drug-likeness (QED) is 0.490. The van der Waals surface area contributed by atoms with Crippen LogP contribution in [-0.4, -0.2) is 25.7 Å². The number of piperidine rings is 1. The third-order valence-corrected chi connectivity index (χ3v) is 6.02. The normalized spacial score (nSPS) is 16.2. The summed E-state index contributed by atoms with van der Waals surface area (Å²) in [5.74, 6) is -1.73. The van der Waals surface area contributed by atoms with Crippen LogP contribution in [0.5, 0.6) is 0 Å². The number of ether oxygens (including phenoxy) is 1. The first-order valence-corrected chi connectivity index (χ1v) is 11.4. The van der Waals surface area contributed by atoms with E-state index in [0.717, 1.165) is 5.56 Å². The van der Waals surface area contributed by atoms with E-state index in [1.807, 2.05) is 44.2 Å². The fourth-order valence-corrected chi connectivity index (χ4v) is 4.61. The fraction of sp³-hybridized carbons (Fsp3) is 0.500. The first-order chi connectivity index (χ1) is 15.2. The van der Waals surface area contributed by atoms with Crippen LogP contribution in [0.25, 0.3) is 11.1 Å². The van der Waals surface area contributed by atoms with Crippen molar-refractivity contribution in [3.63, 3.8) is 0 Å². The number of rotatable bonds is 7. The molecule has 0 aliphatic carbocycles. The Labute approximate surface area is 188 Å². The molecule has 32 heavy (non-hydrogen) atoms. The summed E-state index contributed by atoms with van der Waals surface area (Å²) in [5.41, 5.74) is 1.24. The highest BCUT2D eigenvalue weighted by Crippen LogP contribution is 2.45. The summed E-state index contributed by atoms with van der Waals surface area (Å²) >= 11 is 0. The Balaban J connectivity index is 2.29. The van der Waals surface area contributed by atoms with E-state index in [1.54, 1.807) is 19.1 Å². The van der Waals surface area contributed by atoms with E-state index in [4.69, 9.17) is 4.74 Å². The van der Waals surface area contributed by atoms with Gasteiger partial charge in [0.1, 0.15) is 0 Å². The number of carbonyl (C=O) groups excluding carboxylic acids is 1. The summed E-state index contributed by atoms with van der Waals surface area (Å²) in [6.07, 6.45) is -3.00. The van der Waals surface area contributed by atoms with Crippen LogP contribution in [0.4, 0.5) is 13.2 Å². The van der Waals surface area contributed by atoms with Crippen molar-refractivity contribution in [2.45, 2.75) is 58.0 Å². The van der Waals surface area contributed by atoms with Crippen molar-refractivity contribution in [1.82, 2.24) is 5.32 Å². The van der Waals surface area contributed by atoms with Gasteiger partial charge >= 0.3 is 12.1 Å². The molecule has 1 N–H and O–H groups in total. The summed E-state index contributed by atoms with van der Waals surface area (Å²) < 4.78 is 49.0. The summed E-state index contributed by atoms with van der Waals surface area (Å²) in [5, 5.41) is 3.23. The van der Waals surface area contributed by atoms with Crippen LogP contribution >= 0.6 is 0 Å². The molecular formula is C26H32F3NO2. The Morgan fingerprint density at radius 1 is 1.09 bits per heavy atom. The fourth-order valence-electron chi connectivity index (χ4n) is 4.61. The smallest absolute Gasteiger partial charge is 0.416 e. The molecule has 1 fully saturated rings. The predicted molar refractivity (Wildman–Crippen MR) is 121 cm³/mol. The summed E-state index contributed by atoms with van der Waals surface area (Å²) in [6, 6.07) is 12.6. The van der Waals surface area contributed by atoms with Gasteiger partial charge in [0.25, 0.3) is 0 Å². The molecule has 3 nitrogen and oxygen atoms in total. The maximum absolute atomic E-state index is 14.6. The molecule has 6 heteroatoms. The van der Waals surface area contributed by atoms with E-state index in [0.29, 0.717) is 43.5 Å². The Bertz CT molecular complexity index is 903. The molecule has 2 aromatic carbocycles. The zero-order valence-corrected chi connectivity index (χ0v) is 19.0. The van der Waals surface area contributed by atoms with Gasteiger partial charge in [0.05, 0.1) is 18.1 Å². The minimum Gasteiger partial charge on any atom is -0.466 e. The van der Waals surface area contributed by atoms with Crippen LogP contribution in [0.1, 0.15) is 68.6 Å². The van der Waals surface area contributed by atoms with Gasteiger partial charge in [0, 0.05) is 0 Å². The monoisotopic (exact) mass is 447 g/mol. The third kappa shape index (κ3) is 5.71. The van der Waals surface area contributed by atoms with Crippen LogP contribution in [-0.2, 0) is 15.7 Å². The maximum Gasteiger partial charge on any atom is 0.416 e. The van der Waals surface area contributed by atoms with E-state index in [2.05, 4.69) is 5.32 Å². The molecule has 1 heterocycles. The molecule has 1 saturated heterocycles. The van der Waals surface area contributed by atoms with Crippen molar-refractivity contribution in [2.75, 3.05) is 19.7 Å². The summed E-state index contributed by atoms with van der Waals surface area (Å²) in [4.78, 5) is 12.9. The first-order valence-electron chi connectivity index (χ1n) is 11.4. The number of benzene rings is 2. The van der Waals surface area contributed by atoms with Crippen LogP contribution in [0.15, 0.2) is 42.5 Å². The number of esters is 1. The van der Waals surface area contributed by atoms with Gasteiger partial charge in [-0.3, -0.25) is 4.79 Å². The molecule has 0 amide bonds. The molecule has 2 aromatic rings. The standard InChI is InChI=1S/C26H32F3NO2/c1-4-32-25(31)23(14-17(2)3)22-16-20(18-8-6-5-7-9-18)15-21(24(22)26(27,28)29)19-10-12-30-13-11-19/h5-9,15-17,19,23,30H,4,10-14H2,1-3H3. The third-order valence-electron chi connectivity index (χ3n) is 6.02. The highest BCUT2D eigenvalue weighted by atomic mass is 19.4. The Hall–Kier alpha value is -2.34. The van der Waals surface area contributed by atoms with E-state index in [9.17, 15) is 18.0 Å². The zero-order chi connectivity index (χ0) is 23.3. The summed E-state index contributed by atoms with van der Waals surface area (Å²) in [6.45, 7) is 6.99. The van der Waals surface area contributed by atoms with Crippen LogP contribution in [0.2, 0.25) is 0 Å². The molecule has 0 saturated carbocycles. The Morgan fingerprint density at radius 2 is 1.75 bits per heavy atom. The average molecular weight is 448 g/mol. The average Bonchev–Trinajstić information content (AvgIpc) is 2.77. The van der Waals surface area contributed by atoms with E-state index in [-0.39, 0.29) is 24.0 Å². The van der Waals surface area contributed by atoms with Crippen molar-refractivity contribution in [3.05, 3.63) is 59.2 Å². The molecule has 3 rings (SSSR count). The highest BCUT2D eigenvalue weighted by molar-refractivity contribution is 5.80. The SMILES string of the molecule is CCOC(=O)C(CC(C)C)c1cc(-c2ccccc2)cc(C2CCNCC2)c1C(F)(F)F. The van der Waals surface area contributed by atoms with Crippen molar-refractivity contribution in [3.8, 4) is 11.1 Å². The lowest BCUT2D eigenvalue weighted by molar-refractivity contribution is -0.146. The number of hydrogen-bond donors (Lipinski definition) is 1. The molecule has 0 bridgehead atoms. The van der Waals surface area contributed by atoms with Crippen LogP contribution in [0, 0.1) is 5.92 Å². The minimum absolute atomic E-state index is 0.0354. The second kappa shape index (κ2) is 10.5. The number of carbonyl (C=O) groups is 1. The minimum atomic E-state index is -4.56. The number of alkyl halides is 3. The van der Waals surface area contributed by atoms with Gasteiger partial charge in [-0.25, -0.2) is 0 Å². The molecule has 0 spiro atoms. The van der Waals surface area contributed by atoms with Crippen molar-refractivity contribution in [2.24, 2.45) is 5.92 Å². The first kappa shape index (κ1) is 24.3. The van der Waals surface area contributed by atoms with Crippen molar-refractivity contribution in [1.29, 1.82) is 0 Å².